The summed E-state index contributed by atoms with van der Waals surface area (Å²) >= 11 is 1.76. The second kappa shape index (κ2) is 6.01. The van der Waals surface area contributed by atoms with Crippen LogP contribution in [-0.2, 0) is 0 Å². The molecule has 0 saturated carbocycles. The number of hydrogen-bond donors (Lipinski definition) is 0. The monoisotopic (exact) mass is 309 g/mol. The zero-order chi connectivity index (χ0) is 15.7. The highest BCUT2D eigenvalue weighted by molar-refractivity contribution is 8.00. The molecule has 1 heterocycles. The number of Topliss-reactive ketones (excluding diaryl/α,β-unsaturated/α-hetero) is 1. The van der Waals surface area contributed by atoms with E-state index in [1.165, 1.54) is 5.56 Å². The highest BCUT2D eigenvalue weighted by atomic mass is 32.2. The Morgan fingerprint density at radius 1 is 1.09 bits per heavy atom. The summed E-state index contributed by atoms with van der Waals surface area (Å²) in [5.74, 6) is 0.139. The van der Waals surface area contributed by atoms with Crippen LogP contribution in [0.25, 0.3) is 0 Å². The van der Waals surface area contributed by atoms with Gasteiger partial charge in [-0.25, -0.2) is 0 Å². The van der Waals surface area contributed by atoms with Crippen LogP contribution in [0.5, 0.6) is 0 Å². The van der Waals surface area contributed by atoms with Gasteiger partial charge < -0.3 is 4.90 Å². The third-order valence-corrected chi connectivity index (χ3v) is 5.04. The molecule has 1 atom stereocenters. The van der Waals surface area contributed by atoms with Crippen LogP contribution in [0, 0.1) is 6.92 Å². The number of thioether (sulfide) groups is 1. The average molecular weight is 309 g/mol. The molecule has 2 nitrogen and oxygen atoms in total. The Morgan fingerprint density at radius 3 is 2.50 bits per heavy atom. The minimum absolute atomic E-state index is 0.0475. The topological polar surface area (TPSA) is 20.3 Å². The van der Waals surface area contributed by atoms with Crippen molar-refractivity contribution in [1.82, 2.24) is 4.90 Å². The van der Waals surface area contributed by atoms with Crippen molar-refractivity contribution in [2.75, 3.05) is 14.1 Å². The SMILES string of the molecule is Cc1ccc2c(c1)C(=O)C(=CN(C)C)C(c1ccccc1)S2. The Bertz CT molecular complexity index is 734. The molecule has 0 aromatic heterocycles. The van der Waals surface area contributed by atoms with Crippen LogP contribution in [0.1, 0.15) is 26.7 Å². The van der Waals surface area contributed by atoms with E-state index < -0.39 is 0 Å². The number of hydrogen-bond acceptors (Lipinski definition) is 3. The Morgan fingerprint density at radius 2 is 1.82 bits per heavy atom. The van der Waals surface area contributed by atoms with E-state index in [4.69, 9.17) is 0 Å². The van der Waals surface area contributed by atoms with Gasteiger partial charge in [0.25, 0.3) is 0 Å². The molecule has 0 fully saturated rings. The summed E-state index contributed by atoms with van der Waals surface area (Å²) in [7, 11) is 3.91. The molecule has 1 aliphatic heterocycles. The van der Waals surface area contributed by atoms with Crippen molar-refractivity contribution in [1.29, 1.82) is 0 Å². The third kappa shape index (κ3) is 2.81. The second-order valence-electron chi connectivity index (χ2n) is 5.79. The molecule has 112 valence electrons. The number of carbonyl (C=O) groups excluding carboxylic acids is 1. The number of aryl methyl sites for hydroxylation is 1. The van der Waals surface area contributed by atoms with Gasteiger partial charge in [-0.3, -0.25) is 4.79 Å². The van der Waals surface area contributed by atoms with Crippen molar-refractivity contribution in [3.8, 4) is 0 Å². The van der Waals surface area contributed by atoms with Crippen molar-refractivity contribution in [3.63, 3.8) is 0 Å². The first-order chi connectivity index (χ1) is 10.6. The van der Waals surface area contributed by atoms with Crippen LogP contribution in [0.15, 0.2) is 65.2 Å². The van der Waals surface area contributed by atoms with Gasteiger partial charge in [-0.05, 0) is 24.6 Å². The summed E-state index contributed by atoms with van der Waals surface area (Å²) in [6.45, 7) is 2.02. The van der Waals surface area contributed by atoms with Gasteiger partial charge in [0, 0.05) is 36.3 Å². The first kappa shape index (κ1) is 14.9. The highest BCUT2D eigenvalue weighted by Gasteiger charge is 2.32. The van der Waals surface area contributed by atoms with E-state index in [1.54, 1.807) is 11.8 Å². The van der Waals surface area contributed by atoms with Crippen molar-refractivity contribution in [2.45, 2.75) is 17.1 Å². The third-order valence-electron chi connectivity index (χ3n) is 3.67. The molecule has 1 aliphatic rings. The van der Waals surface area contributed by atoms with E-state index in [1.807, 2.05) is 56.4 Å². The number of benzene rings is 2. The van der Waals surface area contributed by atoms with Crippen LogP contribution in [0.4, 0.5) is 0 Å². The number of carbonyl (C=O) groups is 1. The fourth-order valence-corrected chi connectivity index (χ4v) is 3.94. The van der Waals surface area contributed by atoms with Crippen LogP contribution in [-0.4, -0.2) is 24.8 Å². The lowest BCUT2D eigenvalue weighted by atomic mass is 9.95. The average Bonchev–Trinajstić information content (AvgIpc) is 2.51. The molecule has 0 saturated heterocycles. The molecule has 0 radical (unpaired) electrons. The number of rotatable bonds is 2. The van der Waals surface area contributed by atoms with E-state index in [2.05, 4.69) is 24.3 Å². The first-order valence-electron chi connectivity index (χ1n) is 7.31. The predicted octanol–water partition coefficient (Wildman–Crippen LogP) is 4.47. The summed E-state index contributed by atoms with van der Waals surface area (Å²) in [5, 5.41) is 0.0475. The Hall–Kier alpha value is -2.00. The molecule has 1 unspecified atom stereocenters. The lowest BCUT2D eigenvalue weighted by molar-refractivity contribution is 0.102. The Labute approximate surface area is 135 Å². The standard InChI is InChI=1S/C19H19NOS/c1-13-9-10-17-15(11-13)18(21)16(12-20(2)3)19(22-17)14-7-5-4-6-8-14/h4-12,19H,1-3H3. The van der Waals surface area contributed by atoms with Crippen molar-refractivity contribution in [3.05, 3.63) is 77.0 Å². The normalized spacial score (nSPS) is 19.1. The molecular formula is C19H19NOS. The quantitative estimate of drug-likeness (QED) is 0.763. The van der Waals surface area contributed by atoms with E-state index >= 15 is 0 Å². The van der Waals surface area contributed by atoms with Crippen molar-refractivity contribution >= 4 is 17.5 Å². The molecule has 2 aromatic rings. The maximum atomic E-state index is 13.0. The fraction of sp³-hybridized carbons (Fsp3) is 0.211. The van der Waals surface area contributed by atoms with Crippen LogP contribution in [0.3, 0.4) is 0 Å². The molecule has 0 aliphatic carbocycles. The van der Waals surface area contributed by atoms with Gasteiger partial charge in [-0.2, -0.15) is 0 Å². The minimum atomic E-state index is 0.0475. The summed E-state index contributed by atoms with van der Waals surface area (Å²) in [6, 6.07) is 16.4. The maximum Gasteiger partial charge on any atom is 0.193 e. The Kier molecular flexibility index (Phi) is 4.08. The molecular weight excluding hydrogens is 290 g/mol. The first-order valence-corrected chi connectivity index (χ1v) is 8.19. The number of ketones is 1. The number of nitrogens with zero attached hydrogens (tertiary/aromatic N) is 1. The molecule has 22 heavy (non-hydrogen) atoms. The smallest absolute Gasteiger partial charge is 0.193 e. The molecule has 0 spiro atoms. The molecule has 0 bridgehead atoms. The molecule has 0 amide bonds. The van der Waals surface area contributed by atoms with E-state index in [0.717, 1.165) is 21.6 Å². The zero-order valence-electron chi connectivity index (χ0n) is 13.0. The van der Waals surface area contributed by atoms with Crippen LogP contribution in [0.2, 0.25) is 0 Å². The predicted molar refractivity (Wildman–Crippen MR) is 92.3 cm³/mol. The van der Waals surface area contributed by atoms with Gasteiger partial charge in [0.05, 0.1) is 5.25 Å². The lowest BCUT2D eigenvalue weighted by Gasteiger charge is -2.27. The van der Waals surface area contributed by atoms with E-state index in [0.29, 0.717) is 0 Å². The van der Waals surface area contributed by atoms with Gasteiger partial charge in [0.1, 0.15) is 0 Å². The molecule has 0 N–H and O–H groups in total. The van der Waals surface area contributed by atoms with Crippen LogP contribution < -0.4 is 0 Å². The molecule has 3 rings (SSSR count). The van der Waals surface area contributed by atoms with Crippen molar-refractivity contribution in [2.24, 2.45) is 0 Å². The minimum Gasteiger partial charge on any atom is -0.383 e. The summed E-state index contributed by atoms with van der Waals surface area (Å²) < 4.78 is 0. The van der Waals surface area contributed by atoms with Crippen molar-refractivity contribution < 1.29 is 4.79 Å². The zero-order valence-corrected chi connectivity index (χ0v) is 13.9. The second-order valence-corrected chi connectivity index (χ2v) is 6.93. The Balaban J connectivity index is 2.13. The molecule has 2 aromatic carbocycles. The van der Waals surface area contributed by atoms with Gasteiger partial charge in [0.2, 0.25) is 0 Å². The summed E-state index contributed by atoms with van der Waals surface area (Å²) in [5.41, 5.74) is 3.96. The van der Waals surface area contributed by atoms with E-state index in [-0.39, 0.29) is 11.0 Å². The molecule has 3 heteroatoms. The number of fused-ring (bicyclic) bond motifs is 1. The van der Waals surface area contributed by atoms with Gasteiger partial charge in [-0.1, -0.05) is 42.0 Å². The maximum absolute atomic E-state index is 13.0. The van der Waals surface area contributed by atoms with Gasteiger partial charge in [0.15, 0.2) is 5.78 Å². The van der Waals surface area contributed by atoms with Gasteiger partial charge in [-0.15, -0.1) is 11.8 Å². The van der Waals surface area contributed by atoms with Crippen LogP contribution >= 0.6 is 11.8 Å². The fourth-order valence-electron chi connectivity index (χ4n) is 2.67. The highest BCUT2D eigenvalue weighted by Crippen LogP contribution is 2.47. The summed E-state index contributed by atoms with van der Waals surface area (Å²) in [6.07, 6.45) is 1.96. The van der Waals surface area contributed by atoms with E-state index in [9.17, 15) is 4.79 Å². The van der Waals surface area contributed by atoms with Gasteiger partial charge >= 0.3 is 0 Å². The summed E-state index contributed by atoms with van der Waals surface area (Å²) in [4.78, 5) is 16.0. The largest absolute Gasteiger partial charge is 0.383 e. The lowest BCUT2D eigenvalue weighted by Crippen LogP contribution is -2.19.